The first-order valence-electron chi connectivity index (χ1n) is 6.56. The number of esters is 1. The van der Waals surface area contributed by atoms with Crippen molar-refractivity contribution in [2.45, 2.75) is 20.0 Å². The molecule has 2 rings (SSSR count). The lowest BCUT2D eigenvalue weighted by atomic mass is 10.2. The van der Waals surface area contributed by atoms with Gasteiger partial charge in [0.25, 0.3) is 5.91 Å². The molecule has 108 valence electrons. The minimum absolute atomic E-state index is 0.174. The third kappa shape index (κ3) is 4.14. The standard InChI is InChI=1S/C16H16N2O3/c1-11-6-8-13(9-7-11)18-15(19)12(2)21-16(20)14-5-3-4-10-17-14/h3-10,12H,1-2H3,(H,18,19)/t12-/m1/s1. The van der Waals surface area contributed by atoms with Gasteiger partial charge in [-0.2, -0.15) is 0 Å². The number of pyridine rings is 1. The fourth-order valence-electron chi connectivity index (χ4n) is 1.64. The van der Waals surface area contributed by atoms with Crippen LogP contribution in [0.1, 0.15) is 23.0 Å². The summed E-state index contributed by atoms with van der Waals surface area (Å²) in [5.41, 5.74) is 1.93. The zero-order valence-electron chi connectivity index (χ0n) is 11.9. The third-order valence-electron chi connectivity index (χ3n) is 2.85. The van der Waals surface area contributed by atoms with Crippen molar-refractivity contribution in [1.29, 1.82) is 0 Å². The highest BCUT2D eigenvalue weighted by Crippen LogP contribution is 2.10. The van der Waals surface area contributed by atoms with Gasteiger partial charge in [0.2, 0.25) is 0 Å². The summed E-state index contributed by atoms with van der Waals surface area (Å²) in [4.78, 5) is 27.6. The highest BCUT2D eigenvalue weighted by molar-refractivity contribution is 5.96. The topological polar surface area (TPSA) is 68.3 Å². The fraction of sp³-hybridized carbons (Fsp3) is 0.188. The summed E-state index contributed by atoms with van der Waals surface area (Å²) in [6.45, 7) is 3.48. The maximum Gasteiger partial charge on any atom is 0.357 e. The van der Waals surface area contributed by atoms with Crippen molar-refractivity contribution in [2.24, 2.45) is 0 Å². The Kier molecular flexibility index (Phi) is 4.66. The molecule has 0 aliphatic rings. The van der Waals surface area contributed by atoms with Crippen LogP contribution in [-0.4, -0.2) is 23.0 Å². The number of rotatable bonds is 4. The highest BCUT2D eigenvalue weighted by atomic mass is 16.5. The van der Waals surface area contributed by atoms with E-state index in [-0.39, 0.29) is 11.6 Å². The Balaban J connectivity index is 1.93. The first-order valence-corrected chi connectivity index (χ1v) is 6.56. The second kappa shape index (κ2) is 6.65. The summed E-state index contributed by atoms with van der Waals surface area (Å²) >= 11 is 0. The van der Waals surface area contributed by atoms with Crippen LogP contribution in [0.15, 0.2) is 48.7 Å². The van der Waals surface area contributed by atoms with Crippen molar-refractivity contribution in [2.75, 3.05) is 5.32 Å². The van der Waals surface area contributed by atoms with Crippen molar-refractivity contribution < 1.29 is 14.3 Å². The number of anilines is 1. The van der Waals surface area contributed by atoms with Gasteiger partial charge in [0.15, 0.2) is 6.10 Å². The van der Waals surface area contributed by atoms with Crippen LogP contribution in [0.5, 0.6) is 0 Å². The first-order chi connectivity index (χ1) is 10.1. The predicted octanol–water partition coefficient (Wildman–Crippen LogP) is 2.57. The highest BCUT2D eigenvalue weighted by Gasteiger charge is 2.19. The van der Waals surface area contributed by atoms with Crippen molar-refractivity contribution in [3.05, 3.63) is 59.9 Å². The molecule has 0 aliphatic heterocycles. The van der Waals surface area contributed by atoms with Gasteiger partial charge in [0.05, 0.1) is 0 Å². The Morgan fingerprint density at radius 2 is 1.86 bits per heavy atom. The Morgan fingerprint density at radius 1 is 1.14 bits per heavy atom. The van der Waals surface area contributed by atoms with Crippen LogP contribution in [0.4, 0.5) is 5.69 Å². The number of nitrogens with zero attached hydrogens (tertiary/aromatic N) is 1. The quantitative estimate of drug-likeness (QED) is 0.876. The van der Waals surface area contributed by atoms with Gasteiger partial charge in [-0.15, -0.1) is 0 Å². The van der Waals surface area contributed by atoms with E-state index in [1.165, 1.54) is 19.2 Å². The summed E-state index contributed by atoms with van der Waals surface area (Å²) in [6.07, 6.45) is 0.592. The van der Waals surface area contributed by atoms with Crippen LogP contribution < -0.4 is 5.32 Å². The molecule has 1 aromatic carbocycles. The van der Waals surface area contributed by atoms with Gasteiger partial charge in [-0.25, -0.2) is 9.78 Å². The maximum atomic E-state index is 12.0. The Hall–Kier alpha value is -2.69. The van der Waals surface area contributed by atoms with Crippen LogP contribution in [0.3, 0.4) is 0 Å². The molecule has 0 unspecified atom stereocenters. The first kappa shape index (κ1) is 14.7. The zero-order chi connectivity index (χ0) is 15.2. The Labute approximate surface area is 123 Å². The lowest BCUT2D eigenvalue weighted by Crippen LogP contribution is -2.30. The van der Waals surface area contributed by atoms with E-state index >= 15 is 0 Å². The summed E-state index contributed by atoms with van der Waals surface area (Å²) in [5, 5.41) is 2.69. The van der Waals surface area contributed by atoms with Crippen molar-refractivity contribution >= 4 is 17.6 Å². The lowest BCUT2D eigenvalue weighted by Gasteiger charge is -2.13. The molecule has 0 fully saturated rings. The number of benzene rings is 1. The van der Waals surface area contributed by atoms with Gasteiger partial charge in [0, 0.05) is 11.9 Å². The average molecular weight is 284 g/mol. The van der Waals surface area contributed by atoms with E-state index in [0.717, 1.165) is 5.56 Å². The molecule has 0 saturated carbocycles. The van der Waals surface area contributed by atoms with E-state index < -0.39 is 12.1 Å². The monoisotopic (exact) mass is 284 g/mol. The van der Waals surface area contributed by atoms with Gasteiger partial charge >= 0.3 is 5.97 Å². The minimum atomic E-state index is -0.902. The Bertz CT molecular complexity index is 624. The van der Waals surface area contributed by atoms with Gasteiger partial charge in [-0.05, 0) is 38.1 Å². The molecule has 1 amide bonds. The third-order valence-corrected chi connectivity index (χ3v) is 2.85. The molecule has 1 aromatic heterocycles. The number of ether oxygens (including phenoxy) is 1. The largest absolute Gasteiger partial charge is 0.448 e. The molecule has 1 atom stereocenters. The number of carbonyl (C=O) groups excluding carboxylic acids is 2. The molecule has 2 aromatic rings. The number of hydrogen-bond acceptors (Lipinski definition) is 4. The maximum absolute atomic E-state index is 12.0. The van der Waals surface area contributed by atoms with E-state index in [1.54, 1.807) is 24.3 Å². The molecule has 0 spiro atoms. The molecular weight excluding hydrogens is 268 g/mol. The second-order valence-corrected chi connectivity index (χ2v) is 4.62. The summed E-state index contributed by atoms with van der Waals surface area (Å²) in [6, 6.07) is 12.3. The number of aryl methyl sites for hydroxylation is 1. The lowest BCUT2D eigenvalue weighted by molar-refractivity contribution is -0.123. The smallest absolute Gasteiger partial charge is 0.357 e. The zero-order valence-corrected chi connectivity index (χ0v) is 11.9. The van der Waals surface area contributed by atoms with Crippen LogP contribution in [-0.2, 0) is 9.53 Å². The molecule has 1 heterocycles. The molecule has 5 heteroatoms. The van der Waals surface area contributed by atoms with Gasteiger partial charge in [-0.3, -0.25) is 4.79 Å². The van der Waals surface area contributed by atoms with E-state index in [9.17, 15) is 9.59 Å². The second-order valence-electron chi connectivity index (χ2n) is 4.62. The minimum Gasteiger partial charge on any atom is -0.448 e. The number of amides is 1. The van der Waals surface area contributed by atoms with Gasteiger partial charge < -0.3 is 10.1 Å². The molecular formula is C16H16N2O3. The Morgan fingerprint density at radius 3 is 2.48 bits per heavy atom. The summed E-state index contributed by atoms with van der Waals surface area (Å²) < 4.78 is 5.08. The molecule has 0 radical (unpaired) electrons. The molecule has 0 bridgehead atoms. The number of aromatic nitrogens is 1. The van der Waals surface area contributed by atoms with Gasteiger partial charge in [0.1, 0.15) is 5.69 Å². The number of carbonyl (C=O) groups is 2. The van der Waals surface area contributed by atoms with Crippen molar-refractivity contribution in [1.82, 2.24) is 4.98 Å². The van der Waals surface area contributed by atoms with Crippen molar-refractivity contribution in [3.63, 3.8) is 0 Å². The normalized spacial score (nSPS) is 11.5. The molecule has 21 heavy (non-hydrogen) atoms. The SMILES string of the molecule is Cc1ccc(NC(=O)[C@@H](C)OC(=O)c2ccccn2)cc1. The van der Waals surface area contributed by atoms with E-state index in [4.69, 9.17) is 4.74 Å². The summed E-state index contributed by atoms with van der Waals surface area (Å²) in [7, 11) is 0. The number of nitrogens with one attached hydrogen (secondary N) is 1. The fourth-order valence-corrected chi connectivity index (χ4v) is 1.64. The molecule has 0 saturated heterocycles. The molecule has 5 nitrogen and oxygen atoms in total. The van der Waals surface area contributed by atoms with Crippen LogP contribution in [0.25, 0.3) is 0 Å². The summed E-state index contributed by atoms with van der Waals surface area (Å²) in [5.74, 6) is -1.01. The predicted molar refractivity (Wildman–Crippen MR) is 78.9 cm³/mol. The van der Waals surface area contributed by atoms with Crippen LogP contribution in [0, 0.1) is 6.92 Å². The van der Waals surface area contributed by atoms with E-state index in [1.807, 2.05) is 19.1 Å². The van der Waals surface area contributed by atoms with E-state index in [0.29, 0.717) is 5.69 Å². The van der Waals surface area contributed by atoms with Crippen molar-refractivity contribution in [3.8, 4) is 0 Å². The average Bonchev–Trinajstić information content (AvgIpc) is 2.50. The van der Waals surface area contributed by atoms with Gasteiger partial charge in [-0.1, -0.05) is 23.8 Å². The number of hydrogen-bond donors (Lipinski definition) is 1. The van der Waals surface area contributed by atoms with Crippen LogP contribution in [0.2, 0.25) is 0 Å². The molecule has 0 aliphatic carbocycles. The van der Waals surface area contributed by atoms with Crippen LogP contribution >= 0.6 is 0 Å². The molecule has 1 N–H and O–H groups in total. The van der Waals surface area contributed by atoms with E-state index in [2.05, 4.69) is 10.3 Å².